The first-order valence-corrected chi connectivity index (χ1v) is 7.49. The van der Waals surface area contributed by atoms with Gasteiger partial charge < -0.3 is 0 Å². The predicted octanol–water partition coefficient (Wildman–Crippen LogP) is 2.42. The number of nitriles is 1. The van der Waals surface area contributed by atoms with E-state index < -0.39 is 10.8 Å². The van der Waals surface area contributed by atoms with E-state index in [0.29, 0.717) is 0 Å². The van der Waals surface area contributed by atoms with Gasteiger partial charge in [0.15, 0.2) is 5.78 Å². The first kappa shape index (κ1) is 14.7. The van der Waals surface area contributed by atoms with E-state index >= 15 is 0 Å². The largest absolute Gasteiger partial charge is 0.293 e. The van der Waals surface area contributed by atoms with Crippen molar-refractivity contribution in [3.63, 3.8) is 0 Å². The summed E-state index contributed by atoms with van der Waals surface area (Å²) in [6.45, 7) is 7.33. The third kappa shape index (κ3) is 1.73. The van der Waals surface area contributed by atoms with E-state index in [2.05, 4.69) is 5.10 Å². The number of allylic oxidation sites excluding steroid dienone is 2. The molecule has 5 heteroatoms. The summed E-state index contributed by atoms with van der Waals surface area (Å²) in [7, 11) is 0. The van der Waals surface area contributed by atoms with E-state index in [1.807, 2.05) is 26.8 Å². The number of ketones is 1. The van der Waals surface area contributed by atoms with Crippen LogP contribution in [0, 0.1) is 22.7 Å². The van der Waals surface area contributed by atoms with Crippen LogP contribution in [0.1, 0.15) is 50.2 Å². The predicted molar refractivity (Wildman–Crippen MR) is 80.2 cm³/mol. The molecule has 22 heavy (non-hydrogen) atoms. The van der Waals surface area contributed by atoms with Gasteiger partial charge in [-0.1, -0.05) is 26.8 Å². The molecule has 0 unspecified atom stereocenters. The molecular weight excluding hydrogens is 278 g/mol. The minimum absolute atomic E-state index is 0.0763. The van der Waals surface area contributed by atoms with Gasteiger partial charge in [-0.2, -0.15) is 10.4 Å². The van der Waals surface area contributed by atoms with Crippen molar-refractivity contribution in [2.45, 2.75) is 46.0 Å². The monoisotopic (exact) mass is 297 g/mol. The molecule has 3 rings (SSSR count). The fourth-order valence-corrected chi connectivity index (χ4v) is 4.21. The molecule has 0 radical (unpaired) electrons. The van der Waals surface area contributed by atoms with Gasteiger partial charge in [0.1, 0.15) is 6.07 Å². The van der Waals surface area contributed by atoms with Gasteiger partial charge in [0.25, 0.3) is 0 Å². The molecule has 2 aliphatic rings. The summed E-state index contributed by atoms with van der Waals surface area (Å²) >= 11 is 0. The van der Waals surface area contributed by atoms with E-state index in [1.165, 1.54) is 11.6 Å². The second-order valence-corrected chi connectivity index (χ2v) is 7.06. The fourth-order valence-electron chi connectivity index (χ4n) is 4.21. The maximum Gasteiger partial charge on any atom is 0.243 e. The highest BCUT2D eigenvalue weighted by molar-refractivity contribution is 6.04. The Hall–Kier alpha value is -2.22. The van der Waals surface area contributed by atoms with Crippen LogP contribution >= 0.6 is 0 Å². The van der Waals surface area contributed by atoms with Gasteiger partial charge in [0.2, 0.25) is 5.91 Å². The lowest BCUT2D eigenvalue weighted by atomic mass is 9.52. The second kappa shape index (κ2) is 4.39. The van der Waals surface area contributed by atoms with Gasteiger partial charge in [-0.3, -0.25) is 9.59 Å². The minimum Gasteiger partial charge on any atom is -0.293 e. The third-order valence-corrected chi connectivity index (χ3v) is 5.31. The molecule has 0 N–H and O–H groups in total. The van der Waals surface area contributed by atoms with E-state index in [-0.39, 0.29) is 23.2 Å². The molecule has 2 aliphatic carbocycles. The van der Waals surface area contributed by atoms with Crippen molar-refractivity contribution in [3.8, 4) is 6.07 Å². The Morgan fingerprint density at radius 2 is 2.14 bits per heavy atom. The standard InChI is InChI=1S/C17H19N3O2/c1-10(21)20-9-11-5-6-13-16(2,3)15(22)12(8-18)7-17(13,4)14(11)19-20/h7,9,13H,5-6H2,1-4H3/t13-,17-/m0/s1. The highest BCUT2D eigenvalue weighted by atomic mass is 16.2. The van der Waals surface area contributed by atoms with Crippen LogP contribution in [-0.4, -0.2) is 21.5 Å². The van der Waals surface area contributed by atoms with Crippen LogP contribution in [0.25, 0.3) is 0 Å². The maximum atomic E-state index is 12.5. The molecule has 0 amide bonds. The van der Waals surface area contributed by atoms with Gasteiger partial charge in [0.05, 0.1) is 11.3 Å². The number of aryl methyl sites for hydroxylation is 1. The molecule has 114 valence electrons. The highest BCUT2D eigenvalue weighted by Gasteiger charge is 2.55. The number of rotatable bonds is 0. The van der Waals surface area contributed by atoms with E-state index in [1.54, 1.807) is 12.3 Å². The quantitative estimate of drug-likeness (QED) is 0.737. The Morgan fingerprint density at radius 1 is 1.45 bits per heavy atom. The molecule has 0 bridgehead atoms. The first-order valence-electron chi connectivity index (χ1n) is 7.49. The molecule has 0 saturated carbocycles. The Labute approximate surface area is 129 Å². The first-order chi connectivity index (χ1) is 10.2. The molecule has 1 aromatic rings. The van der Waals surface area contributed by atoms with Crippen molar-refractivity contribution in [2.24, 2.45) is 11.3 Å². The molecule has 2 atom stereocenters. The average Bonchev–Trinajstić information content (AvgIpc) is 2.89. The molecular formula is C17H19N3O2. The lowest BCUT2D eigenvalue weighted by Gasteiger charge is -2.49. The van der Waals surface area contributed by atoms with Gasteiger partial charge in [-0.25, -0.2) is 4.68 Å². The van der Waals surface area contributed by atoms with Crippen LogP contribution in [0.3, 0.4) is 0 Å². The molecule has 0 aromatic carbocycles. The van der Waals surface area contributed by atoms with Gasteiger partial charge in [0, 0.05) is 24.0 Å². The van der Waals surface area contributed by atoms with Crippen molar-refractivity contribution in [2.75, 3.05) is 0 Å². The summed E-state index contributed by atoms with van der Waals surface area (Å²) in [5.74, 6) is -0.149. The Morgan fingerprint density at radius 3 is 2.73 bits per heavy atom. The number of Topliss-reactive ketones (excluding diaryl/α,β-unsaturated/α-hetero) is 1. The van der Waals surface area contributed by atoms with Crippen molar-refractivity contribution in [3.05, 3.63) is 29.1 Å². The summed E-state index contributed by atoms with van der Waals surface area (Å²) in [5, 5.41) is 13.8. The average molecular weight is 297 g/mol. The molecule has 0 fully saturated rings. The van der Waals surface area contributed by atoms with Crippen LogP contribution in [0.15, 0.2) is 17.8 Å². The van der Waals surface area contributed by atoms with Crippen molar-refractivity contribution < 1.29 is 9.59 Å². The third-order valence-electron chi connectivity index (χ3n) is 5.31. The SMILES string of the molecule is CC(=O)n1cc2c(n1)[C@@]1(C)C=C(C#N)C(=O)C(C)(C)[C@@H]1CC2. The van der Waals surface area contributed by atoms with E-state index in [4.69, 9.17) is 0 Å². The van der Waals surface area contributed by atoms with E-state index in [0.717, 1.165) is 24.1 Å². The number of hydrogen-bond donors (Lipinski definition) is 0. The smallest absolute Gasteiger partial charge is 0.243 e. The van der Waals surface area contributed by atoms with Crippen LogP contribution in [0.5, 0.6) is 0 Å². The number of carbonyl (C=O) groups is 2. The van der Waals surface area contributed by atoms with Crippen LogP contribution in [-0.2, 0) is 16.6 Å². The van der Waals surface area contributed by atoms with Crippen molar-refractivity contribution >= 4 is 11.7 Å². The lowest BCUT2D eigenvalue weighted by molar-refractivity contribution is -0.128. The van der Waals surface area contributed by atoms with Crippen LogP contribution in [0.2, 0.25) is 0 Å². The lowest BCUT2D eigenvalue weighted by Crippen LogP contribution is -2.51. The Balaban J connectivity index is 2.25. The zero-order chi connectivity index (χ0) is 16.3. The summed E-state index contributed by atoms with van der Waals surface area (Å²) in [6, 6.07) is 2.04. The number of aromatic nitrogens is 2. The molecule has 5 nitrogen and oxygen atoms in total. The fraction of sp³-hybridized carbons (Fsp3) is 0.529. The molecule has 1 aromatic heterocycles. The highest BCUT2D eigenvalue weighted by Crippen LogP contribution is 2.54. The number of fused-ring (bicyclic) bond motifs is 3. The molecule has 0 saturated heterocycles. The topological polar surface area (TPSA) is 75.8 Å². The summed E-state index contributed by atoms with van der Waals surface area (Å²) < 4.78 is 1.36. The van der Waals surface area contributed by atoms with Crippen LogP contribution in [0.4, 0.5) is 0 Å². The molecule has 0 aliphatic heterocycles. The summed E-state index contributed by atoms with van der Waals surface area (Å²) in [4.78, 5) is 24.1. The van der Waals surface area contributed by atoms with Crippen molar-refractivity contribution in [1.29, 1.82) is 5.26 Å². The van der Waals surface area contributed by atoms with Gasteiger partial charge in [-0.05, 0) is 24.3 Å². The number of carbonyl (C=O) groups excluding carboxylic acids is 2. The minimum atomic E-state index is -0.605. The molecule has 1 heterocycles. The number of hydrogen-bond acceptors (Lipinski definition) is 4. The Kier molecular flexibility index (Phi) is 2.93. The maximum absolute atomic E-state index is 12.5. The zero-order valence-corrected chi connectivity index (χ0v) is 13.3. The normalized spacial score (nSPS) is 29.1. The van der Waals surface area contributed by atoms with Crippen LogP contribution < -0.4 is 0 Å². The molecule has 0 spiro atoms. The zero-order valence-electron chi connectivity index (χ0n) is 13.3. The van der Waals surface area contributed by atoms with E-state index in [9.17, 15) is 14.9 Å². The summed E-state index contributed by atoms with van der Waals surface area (Å²) in [5.41, 5.74) is 0.970. The van der Waals surface area contributed by atoms with Gasteiger partial charge in [-0.15, -0.1) is 0 Å². The summed E-state index contributed by atoms with van der Waals surface area (Å²) in [6.07, 6.45) is 5.19. The van der Waals surface area contributed by atoms with Crippen molar-refractivity contribution in [1.82, 2.24) is 9.78 Å². The van der Waals surface area contributed by atoms with Gasteiger partial charge >= 0.3 is 0 Å². The second-order valence-electron chi connectivity index (χ2n) is 7.06. The Bertz CT molecular complexity index is 763. The number of nitrogens with zero attached hydrogens (tertiary/aromatic N) is 3.